The van der Waals surface area contributed by atoms with Crippen molar-refractivity contribution in [2.24, 2.45) is 11.7 Å². The summed E-state index contributed by atoms with van der Waals surface area (Å²) in [5.74, 6) is 0.423. The number of nitrogens with two attached hydrogens (primary N) is 1. The van der Waals surface area contributed by atoms with Gasteiger partial charge >= 0.3 is 0 Å². The predicted molar refractivity (Wildman–Crippen MR) is 55.7 cm³/mol. The van der Waals surface area contributed by atoms with Crippen LogP contribution in [0.5, 0.6) is 0 Å². The number of carbonyl (C=O) groups excluding carboxylic acids is 1. The van der Waals surface area contributed by atoms with E-state index in [9.17, 15) is 4.79 Å². The molecular formula is C11H20N2O. The zero-order valence-electron chi connectivity index (χ0n) is 8.91. The molecule has 2 fully saturated rings. The summed E-state index contributed by atoms with van der Waals surface area (Å²) in [4.78, 5) is 13.8. The lowest BCUT2D eigenvalue weighted by Gasteiger charge is -2.31. The monoisotopic (exact) mass is 196 g/mol. The maximum atomic E-state index is 11.9. The van der Waals surface area contributed by atoms with Gasteiger partial charge in [-0.25, -0.2) is 0 Å². The summed E-state index contributed by atoms with van der Waals surface area (Å²) >= 11 is 0. The molecule has 2 rings (SSSR count). The Hall–Kier alpha value is -0.570. The van der Waals surface area contributed by atoms with Crippen LogP contribution in [-0.4, -0.2) is 29.9 Å². The van der Waals surface area contributed by atoms with Gasteiger partial charge in [-0.15, -0.1) is 0 Å². The Balaban J connectivity index is 1.86. The van der Waals surface area contributed by atoms with E-state index < -0.39 is 0 Å². The zero-order valence-corrected chi connectivity index (χ0v) is 8.91. The van der Waals surface area contributed by atoms with Crippen molar-refractivity contribution in [2.45, 2.75) is 50.6 Å². The molecule has 0 aromatic heterocycles. The van der Waals surface area contributed by atoms with Crippen molar-refractivity contribution in [1.29, 1.82) is 0 Å². The summed E-state index contributed by atoms with van der Waals surface area (Å²) in [5.41, 5.74) is 5.69. The van der Waals surface area contributed by atoms with Crippen LogP contribution in [-0.2, 0) is 4.79 Å². The molecular weight excluding hydrogens is 176 g/mol. The van der Waals surface area contributed by atoms with E-state index in [1.165, 1.54) is 32.1 Å². The number of nitrogens with zero attached hydrogens (tertiary/aromatic N) is 1. The Bertz CT molecular complexity index is 223. The zero-order chi connectivity index (χ0) is 10.1. The van der Waals surface area contributed by atoms with Crippen molar-refractivity contribution in [2.75, 3.05) is 7.05 Å². The molecule has 2 N–H and O–H groups in total. The van der Waals surface area contributed by atoms with E-state index in [0.717, 1.165) is 6.42 Å². The second-order valence-corrected chi connectivity index (χ2v) is 4.75. The van der Waals surface area contributed by atoms with E-state index in [-0.39, 0.29) is 17.9 Å². The van der Waals surface area contributed by atoms with Crippen LogP contribution in [0.1, 0.15) is 38.5 Å². The van der Waals surface area contributed by atoms with Gasteiger partial charge in [-0.2, -0.15) is 0 Å². The number of rotatable bonds is 2. The molecule has 0 aromatic carbocycles. The maximum absolute atomic E-state index is 11.9. The maximum Gasteiger partial charge on any atom is 0.227 e. The molecule has 1 amide bonds. The molecule has 14 heavy (non-hydrogen) atoms. The van der Waals surface area contributed by atoms with Crippen molar-refractivity contribution >= 4 is 5.91 Å². The highest BCUT2D eigenvalue weighted by molar-refractivity contribution is 5.82. The fourth-order valence-electron chi connectivity index (χ4n) is 2.41. The Morgan fingerprint density at radius 3 is 2.36 bits per heavy atom. The molecule has 2 aliphatic rings. The van der Waals surface area contributed by atoms with Gasteiger partial charge in [-0.3, -0.25) is 4.79 Å². The van der Waals surface area contributed by atoms with Crippen LogP contribution >= 0.6 is 0 Å². The van der Waals surface area contributed by atoms with Gasteiger partial charge < -0.3 is 10.6 Å². The van der Waals surface area contributed by atoms with E-state index in [0.29, 0.717) is 6.04 Å². The van der Waals surface area contributed by atoms with Crippen LogP contribution in [0.15, 0.2) is 0 Å². The largest absolute Gasteiger partial charge is 0.342 e. The van der Waals surface area contributed by atoms with Crippen molar-refractivity contribution in [1.82, 2.24) is 4.90 Å². The highest BCUT2D eigenvalue weighted by Crippen LogP contribution is 2.32. The van der Waals surface area contributed by atoms with Gasteiger partial charge in [-0.1, -0.05) is 19.3 Å². The van der Waals surface area contributed by atoms with Crippen LogP contribution in [0.2, 0.25) is 0 Å². The second-order valence-electron chi connectivity index (χ2n) is 4.75. The minimum Gasteiger partial charge on any atom is -0.342 e. The summed E-state index contributed by atoms with van der Waals surface area (Å²) < 4.78 is 0. The highest BCUT2D eigenvalue weighted by Gasteiger charge is 2.42. The Morgan fingerprint density at radius 2 is 1.86 bits per heavy atom. The average Bonchev–Trinajstić information content (AvgIpc) is 2.95. The minimum atomic E-state index is 0.141. The van der Waals surface area contributed by atoms with Crippen LogP contribution in [0.3, 0.4) is 0 Å². The van der Waals surface area contributed by atoms with E-state index in [2.05, 4.69) is 0 Å². The third-order valence-corrected chi connectivity index (χ3v) is 3.63. The molecule has 2 atom stereocenters. The standard InChI is InChI=1S/C11H20N2O/c1-13(8-5-3-2-4-6-8)11(14)9-7-10(9)12/h8-10H,2-7,12H2,1H3. The topological polar surface area (TPSA) is 46.3 Å². The van der Waals surface area contributed by atoms with Gasteiger partial charge in [0, 0.05) is 19.1 Å². The summed E-state index contributed by atoms with van der Waals surface area (Å²) in [5, 5.41) is 0. The molecule has 2 saturated carbocycles. The van der Waals surface area contributed by atoms with Gasteiger partial charge in [0.2, 0.25) is 5.91 Å². The van der Waals surface area contributed by atoms with Gasteiger partial charge in [0.1, 0.15) is 0 Å². The van der Waals surface area contributed by atoms with Gasteiger partial charge in [0.15, 0.2) is 0 Å². The number of hydrogen-bond acceptors (Lipinski definition) is 2. The molecule has 2 unspecified atom stereocenters. The number of carbonyl (C=O) groups is 1. The quantitative estimate of drug-likeness (QED) is 0.719. The minimum absolute atomic E-state index is 0.141. The SMILES string of the molecule is CN(C(=O)C1CC1N)C1CCCCC1. The molecule has 3 heteroatoms. The van der Waals surface area contributed by atoms with Crippen molar-refractivity contribution in [3.8, 4) is 0 Å². The summed E-state index contributed by atoms with van der Waals surface area (Å²) in [6.07, 6.45) is 7.16. The summed E-state index contributed by atoms with van der Waals surface area (Å²) in [7, 11) is 1.95. The molecule has 0 aromatic rings. The van der Waals surface area contributed by atoms with Gasteiger partial charge in [0.05, 0.1) is 5.92 Å². The summed E-state index contributed by atoms with van der Waals surface area (Å²) in [6.45, 7) is 0. The van der Waals surface area contributed by atoms with Gasteiger partial charge in [0.25, 0.3) is 0 Å². The molecule has 3 nitrogen and oxygen atoms in total. The Kier molecular flexibility index (Phi) is 2.77. The van der Waals surface area contributed by atoms with E-state index in [1.807, 2.05) is 11.9 Å². The molecule has 0 bridgehead atoms. The van der Waals surface area contributed by atoms with Crippen molar-refractivity contribution < 1.29 is 4.79 Å². The molecule has 2 aliphatic carbocycles. The Labute approximate surface area is 85.6 Å². The first-order valence-electron chi connectivity index (χ1n) is 5.72. The third kappa shape index (κ3) is 1.92. The molecule has 0 heterocycles. The first-order chi connectivity index (χ1) is 6.70. The third-order valence-electron chi connectivity index (χ3n) is 3.63. The van der Waals surface area contributed by atoms with E-state index >= 15 is 0 Å². The van der Waals surface area contributed by atoms with Crippen LogP contribution in [0.4, 0.5) is 0 Å². The first kappa shape index (κ1) is 9.97. The molecule has 0 radical (unpaired) electrons. The predicted octanol–water partition coefficient (Wildman–Crippen LogP) is 1.12. The Morgan fingerprint density at radius 1 is 1.29 bits per heavy atom. The molecule has 80 valence electrons. The second kappa shape index (κ2) is 3.89. The summed E-state index contributed by atoms with van der Waals surface area (Å²) in [6, 6.07) is 0.637. The fourth-order valence-corrected chi connectivity index (χ4v) is 2.41. The van der Waals surface area contributed by atoms with Crippen molar-refractivity contribution in [3.63, 3.8) is 0 Å². The van der Waals surface area contributed by atoms with Crippen LogP contribution in [0, 0.1) is 5.92 Å². The lowest BCUT2D eigenvalue weighted by Crippen LogP contribution is -2.40. The average molecular weight is 196 g/mol. The lowest BCUT2D eigenvalue weighted by molar-refractivity contribution is -0.134. The molecule has 0 spiro atoms. The fraction of sp³-hybridized carbons (Fsp3) is 0.909. The van der Waals surface area contributed by atoms with Crippen LogP contribution < -0.4 is 5.73 Å². The normalized spacial score (nSPS) is 32.7. The number of amides is 1. The smallest absolute Gasteiger partial charge is 0.227 e. The van der Waals surface area contributed by atoms with Crippen molar-refractivity contribution in [3.05, 3.63) is 0 Å². The van der Waals surface area contributed by atoms with E-state index in [1.54, 1.807) is 0 Å². The highest BCUT2D eigenvalue weighted by atomic mass is 16.2. The molecule has 0 saturated heterocycles. The van der Waals surface area contributed by atoms with E-state index in [4.69, 9.17) is 5.73 Å². The van der Waals surface area contributed by atoms with Crippen LogP contribution in [0.25, 0.3) is 0 Å². The first-order valence-corrected chi connectivity index (χ1v) is 5.72. The lowest BCUT2D eigenvalue weighted by atomic mass is 9.94. The molecule has 0 aliphatic heterocycles. The number of hydrogen-bond donors (Lipinski definition) is 1. The van der Waals surface area contributed by atoms with Gasteiger partial charge in [-0.05, 0) is 19.3 Å².